The van der Waals surface area contributed by atoms with Crippen LogP contribution in [-0.4, -0.2) is 54.9 Å². The summed E-state index contributed by atoms with van der Waals surface area (Å²) in [5.41, 5.74) is 5.57. The number of amides is 2. The lowest BCUT2D eigenvalue weighted by Gasteiger charge is -2.45. The zero-order chi connectivity index (χ0) is 30.4. The molecule has 2 N–H and O–H groups in total. The second kappa shape index (κ2) is 11.3. The zero-order valence-corrected chi connectivity index (χ0v) is 25.9. The first-order valence-electron chi connectivity index (χ1n) is 14.3. The Morgan fingerprint density at radius 1 is 1.07 bits per heavy atom. The molecule has 222 valence electrons. The maximum absolute atomic E-state index is 13.3. The summed E-state index contributed by atoms with van der Waals surface area (Å²) in [6.45, 7) is 9.23. The minimum absolute atomic E-state index is 0.0427. The maximum Gasteiger partial charge on any atom is 0.269 e. The fourth-order valence-electron chi connectivity index (χ4n) is 6.75. The Morgan fingerprint density at radius 3 is 2.36 bits per heavy atom. The van der Waals surface area contributed by atoms with Crippen molar-refractivity contribution in [3.05, 3.63) is 71.3 Å². The van der Waals surface area contributed by atoms with Crippen molar-refractivity contribution in [3.63, 3.8) is 0 Å². The van der Waals surface area contributed by atoms with Gasteiger partial charge in [0.25, 0.3) is 21.9 Å². The van der Waals surface area contributed by atoms with E-state index < -0.39 is 27.3 Å². The lowest BCUT2D eigenvalue weighted by Crippen LogP contribution is -2.56. The highest BCUT2D eigenvalue weighted by molar-refractivity contribution is 7.85. The van der Waals surface area contributed by atoms with Crippen LogP contribution in [0, 0.1) is 0 Å². The van der Waals surface area contributed by atoms with Gasteiger partial charge < -0.3 is 9.80 Å². The van der Waals surface area contributed by atoms with E-state index in [4.69, 9.17) is 12.2 Å². The third kappa shape index (κ3) is 4.83. The molecule has 2 amide bonds. The van der Waals surface area contributed by atoms with Crippen molar-refractivity contribution >= 4 is 61.9 Å². The number of nitrogens with one attached hydrogen (secondary N) is 1. The first-order valence-corrected chi connectivity index (χ1v) is 16.3. The van der Waals surface area contributed by atoms with E-state index >= 15 is 0 Å². The van der Waals surface area contributed by atoms with Gasteiger partial charge in [0.2, 0.25) is 0 Å². The lowest BCUT2D eigenvalue weighted by molar-refractivity contribution is -0.122. The lowest BCUT2D eigenvalue weighted by atomic mass is 9.76. The van der Waals surface area contributed by atoms with Crippen LogP contribution in [0.2, 0.25) is 0 Å². The molecule has 11 heteroatoms. The summed E-state index contributed by atoms with van der Waals surface area (Å²) in [7, 11) is -4.09. The van der Waals surface area contributed by atoms with Gasteiger partial charge >= 0.3 is 0 Å². The molecule has 42 heavy (non-hydrogen) atoms. The van der Waals surface area contributed by atoms with Crippen LogP contribution >= 0.6 is 12.2 Å². The number of hydrogen-bond donors (Lipinski definition) is 2. The van der Waals surface area contributed by atoms with E-state index in [0.717, 1.165) is 47.5 Å². The number of likely N-dealkylation sites (N-methyl/N-ethyl adjacent to an activating group) is 1. The van der Waals surface area contributed by atoms with Crippen molar-refractivity contribution in [2.45, 2.75) is 58.5 Å². The van der Waals surface area contributed by atoms with Crippen molar-refractivity contribution in [3.8, 4) is 0 Å². The van der Waals surface area contributed by atoms with Crippen LogP contribution in [0.1, 0.15) is 58.1 Å². The second-order valence-corrected chi connectivity index (χ2v) is 12.7. The number of thiocarbonyl (C=S) groups is 1. The number of para-hydroxylation sites is 2. The summed E-state index contributed by atoms with van der Waals surface area (Å²) in [5.74, 6) is -1.27. The van der Waals surface area contributed by atoms with Crippen LogP contribution in [0.15, 0.2) is 60.2 Å². The summed E-state index contributed by atoms with van der Waals surface area (Å²) in [6, 6.07) is 14.1. The largest absolute Gasteiger partial charge is 0.349 e. The molecule has 2 unspecified atom stereocenters. The summed E-state index contributed by atoms with van der Waals surface area (Å²) < 4.78 is 32.6. The van der Waals surface area contributed by atoms with Crippen molar-refractivity contribution in [2.24, 2.45) is 0 Å². The molecule has 1 saturated heterocycles. The second-order valence-electron chi connectivity index (χ2n) is 10.7. The Morgan fingerprint density at radius 2 is 1.76 bits per heavy atom. The zero-order valence-electron chi connectivity index (χ0n) is 24.3. The Kier molecular flexibility index (Phi) is 8.04. The Labute approximate surface area is 252 Å². The molecule has 9 nitrogen and oxygen atoms in total. The van der Waals surface area contributed by atoms with Gasteiger partial charge in [0.05, 0.1) is 28.2 Å². The number of fused-ring (bicyclic) bond motifs is 2. The summed E-state index contributed by atoms with van der Waals surface area (Å²) in [6.07, 6.45) is 5.50. The number of nitrogens with zero attached hydrogens (tertiary/aromatic N) is 3. The molecule has 0 aromatic heterocycles. The molecule has 0 spiro atoms. The average Bonchev–Trinajstić information content (AvgIpc) is 3.45. The molecule has 2 aromatic carbocycles. The van der Waals surface area contributed by atoms with Gasteiger partial charge in [-0.3, -0.25) is 24.4 Å². The quantitative estimate of drug-likeness (QED) is 0.181. The molecule has 2 aromatic rings. The molecule has 0 radical (unpaired) electrons. The Balaban J connectivity index is 1.62. The highest BCUT2D eigenvalue weighted by atomic mass is 32.2. The highest BCUT2D eigenvalue weighted by Crippen LogP contribution is 2.54. The third-order valence-corrected chi connectivity index (χ3v) is 9.68. The van der Waals surface area contributed by atoms with Gasteiger partial charge in [-0.15, -0.1) is 0 Å². The fourth-order valence-corrected chi connectivity index (χ4v) is 7.53. The molecule has 3 aliphatic rings. The molecule has 5 rings (SSSR count). The van der Waals surface area contributed by atoms with E-state index in [0.29, 0.717) is 12.2 Å². The smallest absolute Gasteiger partial charge is 0.269 e. The van der Waals surface area contributed by atoms with E-state index in [1.165, 1.54) is 11.0 Å². The predicted octanol–water partition coefficient (Wildman–Crippen LogP) is 4.79. The van der Waals surface area contributed by atoms with E-state index in [1.807, 2.05) is 24.3 Å². The Hall–Kier alpha value is -3.54. The molecular formula is C31H36N4O5S2. The van der Waals surface area contributed by atoms with Gasteiger partial charge in [0.15, 0.2) is 5.11 Å². The van der Waals surface area contributed by atoms with Crippen LogP contribution < -0.4 is 20.0 Å². The molecule has 2 aliphatic heterocycles. The SMILES string of the molecule is CC=C1C(=O)NC(=S)N(c2ccc3c(c2)C(CC)=CC3(CC)C2N(CC)c3ccccc3N2CCCS(=O)(=O)O)C1=O. The standard InChI is InChI=1S/C31H36N4O5S2/c1-5-20-19-31(7-3,24-15-14-21(18-23(20)24)35-28(37)22(6-2)27(36)32-30(35)41)29-33(8-4)25-12-9-10-13-26(25)34(29)16-11-17-42(38,39)40/h6,9-10,12-15,18-19,29H,5,7-8,11,16-17H2,1-4H3,(H,32,36,41)(H,38,39,40). The van der Waals surface area contributed by atoms with Gasteiger partial charge in [-0.05, 0) is 86.3 Å². The highest BCUT2D eigenvalue weighted by Gasteiger charge is 2.51. The minimum atomic E-state index is -4.09. The Bertz CT molecular complexity index is 1630. The first kappa shape index (κ1) is 29.9. The monoisotopic (exact) mass is 608 g/mol. The van der Waals surface area contributed by atoms with Crippen molar-refractivity contribution < 1.29 is 22.6 Å². The van der Waals surface area contributed by atoms with Gasteiger partial charge in [0, 0.05) is 13.1 Å². The third-order valence-electron chi connectivity index (χ3n) is 8.59. The number of anilines is 3. The molecule has 0 saturated carbocycles. The van der Waals surface area contributed by atoms with Crippen molar-refractivity contribution in [1.82, 2.24) is 5.32 Å². The first-order chi connectivity index (χ1) is 20.0. The predicted molar refractivity (Wildman–Crippen MR) is 170 cm³/mol. The van der Waals surface area contributed by atoms with Gasteiger partial charge in [-0.2, -0.15) is 8.42 Å². The van der Waals surface area contributed by atoms with Crippen molar-refractivity contribution in [2.75, 3.05) is 33.5 Å². The van der Waals surface area contributed by atoms with Gasteiger partial charge in [0.1, 0.15) is 11.7 Å². The number of benzene rings is 2. The summed E-state index contributed by atoms with van der Waals surface area (Å²) in [4.78, 5) is 31.6. The summed E-state index contributed by atoms with van der Waals surface area (Å²) >= 11 is 5.42. The molecule has 1 aliphatic carbocycles. The maximum atomic E-state index is 13.3. The van der Waals surface area contributed by atoms with Crippen LogP contribution in [0.4, 0.5) is 17.1 Å². The fraction of sp³-hybridized carbons (Fsp3) is 0.387. The molecule has 1 fully saturated rings. The van der Waals surface area contributed by atoms with Gasteiger partial charge in [-0.25, -0.2) is 0 Å². The van der Waals surface area contributed by atoms with Crippen LogP contribution in [0.25, 0.3) is 5.57 Å². The van der Waals surface area contributed by atoms with E-state index in [-0.39, 0.29) is 29.0 Å². The van der Waals surface area contributed by atoms with E-state index in [9.17, 15) is 22.6 Å². The van der Waals surface area contributed by atoms with E-state index in [1.54, 1.807) is 6.92 Å². The summed E-state index contributed by atoms with van der Waals surface area (Å²) in [5, 5.41) is 2.67. The van der Waals surface area contributed by atoms with E-state index in [2.05, 4.69) is 60.2 Å². The molecule has 2 atom stereocenters. The van der Waals surface area contributed by atoms with Crippen molar-refractivity contribution in [1.29, 1.82) is 0 Å². The van der Waals surface area contributed by atoms with Crippen LogP contribution in [-0.2, 0) is 25.1 Å². The minimum Gasteiger partial charge on any atom is -0.349 e. The molecule has 2 heterocycles. The molecular weight excluding hydrogens is 572 g/mol. The average molecular weight is 609 g/mol. The molecule has 0 bridgehead atoms. The number of hydrogen-bond acceptors (Lipinski definition) is 7. The van der Waals surface area contributed by atoms with Crippen LogP contribution in [0.5, 0.6) is 0 Å². The number of carbonyl (C=O) groups excluding carboxylic acids is 2. The van der Waals surface area contributed by atoms with Gasteiger partial charge in [-0.1, -0.05) is 44.2 Å². The van der Waals surface area contributed by atoms with Crippen LogP contribution in [0.3, 0.4) is 0 Å². The number of rotatable bonds is 9. The topological polar surface area (TPSA) is 110 Å². The number of carbonyl (C=O) groups is 2. The number of allylic oxidation sites excluding steroid dienone is 2. The normalized spacial score (nSPS) is 22.9.